The van der Waals surface area contributed by atoms with Crippen molar-refractivity contribution < 1.29 is 19.7 Å². The summed E-state index contributed by atoms with van der Waals surface area (Å²) in [6, 6.07) is 15.1. The lowest BCUT2D eigenvalue weighted by Gasteiger charge is -2.40. The minimum absolute atomic E-state index is 0.463. The largest absolute Gasteiger partial charge is 0.497 e. The Morgan fingerprint density at radius 3 is 2.69 bits per heavy atom. The Balaban J connectivity index is 1.73. The van der Waals surface area contributed by atoms with Crippen molar-refractivity contribution in [1.29, 1.82) is 0 Å². The predicted octanol–water partition coefficient (Wildman–Crippen LogP) is 2.72. The van der Waals surface area contributed by atoms with Crippen LogP contribution in [0.3, 0.4) is 0 Å². The van der Waals surface area contributed by atoms with E-state index in [4.69, 9.17) is 9.47 Å². The molecule has 0 spiro atoms. The number of likely N-dealkylation sites (tertiary alicyclic amines) is 1. The number of nitrogens with zero attached hydrogens (tertiary/aromatic N) is 1. The highest BCUT2D eigenvalue weighted by molar-refractivity contribution is 5.38. The molecule has 26 heavy (non-hydrogen) atoms. The Bertz CT molecular complexity index is 735. The first-order chi connectivity index (χ1) is 12.6. The van der Waals surface area contributed by atoms with Gasteiger partial charge in [0.1, 0.15) is 17.1 Å². The van der Waals surface area contributed by atoms with Crippen LogP contribution in [-0.4, -0.2) is 49.0 Å². The molecule has 1 aliphatic heterocycles. The van der Waals surface area contributed by atoms with Gasteiger partial charge in [0.25, 0.3) is 0 Å². The Hall–Kier alpha value is -2.08. The zero-order valence-corrected chi connectivity index (χ0v) is 15.4. The van der Waals surface area contributed by atoms with E-state index >= 15 is 0 Å². The summed E-state index contributed by atoms with van der Waals surface area (Å²) in [5.74, 6) is 1.43. The maximum Gasteiger partial charge on any atom is 0.124 e. The average Bonchev–Trinajstić information content (AvgIpc) is 2.68. The van der Waals surface area contributed by atoms with Crippen LogP contribution in [0, 0.1) is 0 Å². The molecule has 0 aromatic heterocycles. The van der Waals surface area contributed by atoms with Crippen molar-refractivity contribution in [3.05, 3.63) is 59.7 Å². The van der Waals surface area contributed by atoms with Crippen LogP contribution in [0.15, 0.2) is 48.5 Å². The lowest BCUT2D eigenvalue weighted by Crippen LogP contribution is -2.47. The molecule has 0 aliphatic carbocycles. The summed E-state index contributed by atoms with van der Waals surface area (Å²) in [5, 5.41) is 21.9. The zero-order chi connectivity index (χ0) is 18.6. The normalized spacial score (nSPS) is 22.0. The molecule has 1 saturated heterocycles. The Labute approximate surface area is 154 Å². The molecule has 5 heteroatoms. The maximum atomic E-state index is 11.3. The fourth-order valence-electron chi connectivity index (χ4n) is 3.73. The van der Waals surface area contributed by atoms with Gasteiger partial charge in [-0.1, -0.05) is 30.3 Å². The maximum absolute atomic E-state index is 11.3. The first kappa shape index (κ1) is 18.7. The number of hydrogen-bond donors (Lipinski definition) is 2. The van der Waals surface area contributed by atoms with Gasteiger partial charge in [0.05, 0.1) is 20.3 Å². The fourth-order valence-corrected chi connectivity index (χ4v) is 3.73. The van der Waals surface area contributed by atoms with E-state index in [2.05, 4.69) is 4.90 Å². The molecule has 2 atom stereocenters. The van der Waals surface area contributed by atoms with Gasteiger partial charge in [-0.25, -0.2) is 0 Å². The van der Waals surface area contributed by atoms with E-state index in [0.29, 0.717) is 25.3 Å². The molecule has 0 radical (unpaired) electrons. The Morgan fingerprint density at radius 2 is 1.92 bits per heavy atom. The second kappa shape index (κ2) is 8.08. The minimum atomic E-state index is -0.973. The molecule has 1 fully saturated rings. The topological polar surface area (TPSA) is 62.2 Å². The van der Waals surface area contributed by atoms with Crippen LogP contribution >= 0.6 is 0 Å². The Morgan fingerprint density at radius 1 is 1.12 bits per heavy atom. The summed E-state index contributed by atoms with van der Waals surface area (Å²) >= 11 is 0. The third-order valence-corrected chi connectivity index (χ3v) is 5.07. The number of rotatable bonds is 6. The number of ether oxygens (including phenoxy) is 2. The molecule has 2 N–H and O–H groups in total. The van der Waals surface area contributed by atoms with Crippen LogP contribution < -0.4 is 9.47 Å². The number of β-amino-alcohol motifs (C(OH)–C–C–N with tert-alkyl or cyclic N) is 2. The van der Waals surface area contributed by atoms with Gasteiger partial charge in [0.2, 0.25) is 0 Å². The number of para-hydroxylation sites is 1. The van der Waals surface area contributed by atoms with Crippen LogP contribution in [0.2, 0.25) is 0 Å². The van der Waals surface area contributed by atoms with Crippen molar-refractivity contribution in [3.63, 3.8) is 0 Å². The predicted molar refractivity (Wildman–Crippen MR) is 101 cm³/mol. The number of hydrogen-bond acceptors (Lipinski definition) is 5. The molecule has 0 bridgehead atoms. The second-order valence-corrected chi connectivity index (χ2v) is 6.86. The van der Waals surface area contributed by atoms with Gasteiger partial charge in [-0.15, -0.1) is 0 Å². The van der Waals surface area contributed by atoms with E-state index in [1.165, 1.54) is 0 Å². The summed E-state index contributed by atoms with van der Waals surface area (Å²) in [5.41, 5.74) is 0.651. The zero-order valence-electron chi connectivity index (χ0n) is 15.4. The molecule has 1 aliphatic rings. The number of benzene rings is 2. The van der Waals surface area contributed by atoms with E-state index in [-0.39, 0.29) is 0 Å². The fraction of sp³-hybridized carbons (Fsp3) is 0.429. The van der Waals surface area contributed by atoms with Gasteiger partial charge in [-0.2, -0.15) is 0 Å². The van der Waals surface area contributed by atoms with Gasteiger partial charge >= 0.3 is 0 Å². The van der Waals surface area contributed by atoms with Crippen LogP contribution in [0.1, 0.15) is 30.1 Å². The number of aliphatic hydroxyl groups excluding tert-OH is 1. The second-order valence-electron chi connectivity index (χ2n) is 6.86. The molecule has 3 rings (SSSR count). The first-order valence-electron chi connectivity index (χ1n) is 8.96. The van der Waals surface area contributed by atoms with Gasteiger partial charge in [0.15, 0.2) is 0 Å². The van der Waals surface area contributed by atoms with Crippen LogP contribution in [0.5, 0.6) is 11.5 Å². The minimum Gasteiger partial charge on any atom is -0.497 e. The standard InChI is InChI=1S/C21H27NO4/c1-25-17-8-5-7-16(13-17)19(23)14-22-12-6-11-21(24,15-22)18-9-3-4-10-20(18)26-2/h3-5,7-10,13,19,23-24H,6,11-12,14-15H2,1-2H3. The molecule has 1 heterocycles. The van der Waals surface area contributed by atoms with E-state index < -0.39 is 11.7 Å². The van der Waals surface area contributed by atoms with Gasteiger partial charge in [-0.05, 0) is 43.1 Å². The lowest BCUT2D eigenvalue weighted by molar-refractivity contribution is -0.0474. The highest BCUT2D eigenvalue weighted by Gasteiger charge is 2.37. The van der Waals surface area contributed by atoms with E-state index in [1.54, 1.807) is 14.2 Å². The van der Waals surface area contributed by atoms with E-state index in [0.717, 1.165) is 29.8 Å². The average molecular weight is 357 g/mol. The molecule has 2 unspecified atom stereocenters. The first-order valence-corrected chi connectivity index (χ1v) is 8.96. The van der Waals surface area contributed by atoms with Crippen LogP contribution in [0.25, 0.3) is 0 Å². The summed E-state index contributed by atoms with van der Waals surface area (Å²) in [4.78, 5) is 2.11. The van der Waals surface area contributed by atoms with Gasteiger partial charge in [-0.3, -0.25) is 4.90 Å². The summed E-state index contributed by atoms with van der Waals surface area (Å²) in [7, 11) is 3.23. The quantitative estimate of drug-likeness (QED) is 0.832. The lowest BCUT2D eigenvalue weighted by atomic mass is 9.85. The molecular weight excluding hydrogens is 330 g/mol. The third-order valence-electron chi connectivity index (χ3n) is 5.07. The summed E-state index contributed by atoms with van der Waals surface area (Å²) < 4.78 is 10.7. The SMILES string of the molecule is COc1cccc(C(O)CN2CCCC(O)(c3ccccc3OC)C2)c1. The van der Waals surface area contributed by atoms with Gasteiger partial charge < -0.3 is 19.7 Å². The summed E-state index contributed by atoms with van der Waals surface area (Å²) in [6.45, 7) is 1.78. The number of piperidine rings is 1. The molecule has 0 saturated carbocycles. The molecular formula is C21H27NO4. The molecule has 2 aromatic carbocycles. The van der Waals surface area contributed by atoms with Crippen molar-refractivity contribution in [1.82, 2.24) is 4.90 Å². The van der Waals surface area contributed by atoms with Crippen molar-refractivity contribution in [3.8, 4) is 11.5 Å². The number of methoxy groups -OCH3 is 2. The van der Waals surface area contributed by atoms with Crippen LogP contribution in [-0.2, 0) is 5.60 Å². The Kier molecular flexibility index (Phi) is 5.81. The van der Waals surface area contributed by atoms with Crippen molar-refractivity contribution in [2.24, 2.45) is 0 Å². The molecule has 2 aromatic rings. The molecule has 140 valence electrons. The van der Waals surface area contributed by atoms with Gasteiger partial charge in [0, 0.05) is 18.7 Å². The van der Waals surface area contributed by atoms with Crippen molar-refractivity contribution in [2.45, 2.75) is 24.5 Å². The highest BCUT2D eigenvalue weighted by Crippen LogP contribution is 2.37. The number of aliphatic hydroxyl groups is 2. The third kappa shape index (κ3) is 4.01. The molecule has 5 nitrogen and oxygen atoms in total. The van der Waals surface area contributed by atoms with Crippen molar-refractivity contribution in [2.75, 3.05) is 33.9 Å². The van der Waals surface area contributed by atoms with Crippen LogP contribution in [0.4, 0.5) is 0 Å². The highest BCUT2D eigenvalue weighted by atomic mass is 16.5. The smallest absolute Gasteiger partial charge is 0.124 e. The van der Waals surface area contributed by atoms with E-state index in [9.17, 15) is 10.2 Å². The monoisotopic (exact) mass is 357 g/mol. The summed E-state index contributed by atoms with van der Waals surface area (Å²) in [6.07, 6.45) is 0.906. The van der Waals surface area contributed by atoms with E-state index in [1.807, 2.05) is 48.5 Å². The molecule has 0 amide bonds. The van der Waals surface area contributed by atoms with Crippen molar-refractivity contribution >= 4 is 0 Å².